The third kappa shape index (κ3) is 9.91. The van der Waals surface area contributed by atoms with E-state index in [0.717, 1.165) is 29.9 Å². The van der Waals surface area contributed by atoms with E-state index in [1.165, 1.54) is 0 Å². The first kappa shape index (κ1) is 37.1. The molecule has 2 aromatic carbocycles. The summed E-state index contributed by atoms with van der Waals surface area (Å²) in [6.07, 6.45) is 3.87. The molecule has 0 radical (unpaired) electrons. The standard InChI is InChI=1S/C37H54N2O6S2/c1-26-15-18-29(19-16-26)46(40,41)21-11-9-13-28(34-38-32(24-44-34)36(3,4)5)14-10-12-22-47(42,43)31-20-17-27(2)23-30(31)35-39-33(25-45-35)37(6,7)8/h15-20,23,28,32-33H,9-14,21-22,24-25H2,1-8H3/t28?,32-,33-/m0/s1. The number of benzene rings is 2. The van der Waals surface area contributed by atoms with Gasteiger partial charge in [-0.05, 0) is 74.6 Å². The van der Waals surface area contributed by atoms with E-state index in [9.17, 15) is 16.8 Å². The lowest BCUT2D eigenvalue weighted by Crippen LogP contribution is -2.25. The number of hydrogen-bond donors (Lipinski definition) is 0. The maximum atomic E-state index is 13.7. The van der Waals surface area contributed by atoms with Crippen molar-refractivity contribution in [3.05, 3.63) is 59.2 Å². The summed E-state index contributed by atoms with van der Waals surface area (Å²) < 4.78 is 65.2. The summed E-state index contributed by atoms with van der Waals surface area (Å²) >= 11 is 0. The Hall–Kier alpha value is -2.72. The minimum atomic E-state index is -3.60. The van der Waals surface area contributed by atoms with Crippen molar-refractivity contribution in [2.45, 2.75) is 116 Å². The Labute approximate surface area is 283 Å². The van der Waals surface area contributed by atoms with Crippen molar-refractivity contribution in [3.8, 4) is 0 Å². The van der Waals surface area contributed by atoms with E-state index in [1.807, 2.05) is 38.1 Å². The molecule has 0 saturated heterocycles. The number of aliphatic imine (C=N–C) groups is 2. The molecule has 3 atom stereocenters. The van der Waals surface area contributed by atoms with Crippen molar-refractivity contribution in [1.29, 1.82) is 0 Å². The molecule has 0 saturated carbocycles. The molecule has 0 amide bonds. The maximum absolute atomic E-state index is 13.7. The minimum absolute atomic E-state index is 0.0117. The molecule has 0 fully saturated rings. The molecule has 2 aliphatic rings. The fourth-order valence-corrected chi connectivity index (χ4v) is 8.77. The van der Waals surface area contributed by atoms with Crippen LogP contribution < -0.4 is 0 Å². The Morgan fingerprint density at radius 2 is 1.23 bits per heavy atom. The van der Waals surface area contributed by atoms with Crippen LogP contribution in [0.1, 0.15) is 96.8 Å². The van der Waals surface area contributed by atoms with Gasteiger partial charge in [-0.15, -0.1) is 0 Å². The molecule has 47 heavy (non-hydrogen) atoms. The van der Waals surface area contributed by atoms with Crippen molar-refractivity contribution in [1.82, 2.24) is 0 Å². The van der Waals surface area contributed by atoms with Crippen molar-refractivity contribution in [3.63, 3.8) is 0 Å². The van der Waals surface area contributed by atoms with E-state index in [4.69, 9.17) is 19.5 Å². The van der Waals surface area contributed by atoms with Gasteiger partial charge in [0.15, 0.2) is 25.6 Å². The van der Waals surface area contributed by atoms with Crippen LogP contribution in [0.2, 0.25) is 0 Å². The first-order chi connectivity index (χ1) is 21.9. The molecule has 260 valence electrons. The monoisotopic (exact) mass is 686 g/mol. The lowest BCUT2D eigenvalue weighted by Gasteiger charge is -2.22. The molecule has 2 aromatic rings. The van der Waals surface area contributed by atoms with Crippen LogP contribution in [0.5, 0.6) is 0 Å². The second-order valence-electron chi connectivity index (χ2n) is 15.4. The first-order valence-electron chi connectivity index (χ1n) is 16.9. The van der Waals surface area contributed by atoms with Gasteiger partial charge in [-0.25, -0.2) is 26.8 Å². The molecule has 0 bridgehead atoms. The van der Waals surface area contributed by atoms with Crippen molar-refractivity contribution in [2.24, 2.45) is 26.7 Å². The highest BCUT2D eigenvalue weighted by atomic mass is 32.2. The summed E-state index contributed by atoms with van der Waals surface area (Å²) in [6.45, 7) is 17.6. The minimum Gasteiger partial charge on any atom is -0.478 e. The maximum Gasteiger partial charge on any atom is 0.217 e. The van der Waals surface area contributed by atoms with Crippen LogP contribution in [0.25, 0.3) is 0 Å². The third-order valence-corrected chi connectivity index (χ3v) is 12.9. The van der Waals surface area contributed by atoms with Gasteiger partial charge in [-0.3, -0.25) is 0 Å². The molecule has 10 heteroatoms. The fraction of sp³-hybridized carbons (Fsp3) is 0.622. The Morgan fingerprint density at radius 3 is 1.79 bits per heavy atom. The number of nitrogens with zero attached hydrogens (tertiary/aromatic N) is 2. The lowest BCUT2D eigenvalue weighted by molar-refractivity contribution is 0.226. The quantitative estimate of drug-likeness (QED) is 0.190. The predicted molar refractivity (Wildman–Crippen MR) is 190 cm³/mol. The molecule has 4 rings (SSSR count). The van der Waals surface area contributed by atoms with Crippen molar-refractivity contribution in [2.75, 3.05) is 24.7 Å². The Bertz CT molecular complexity index is 1660. The van der Waals surface area contributed by atoms with Crippen LogP contribution in [0, 0.1) is 30.6 Å². The van der Waals surface area contributed by atoms with Crippen LogP contribution in [0.3, 0.4) is 0 Å². The summed E-state index contributed by atoms with van der Waals surface area (Å²) in [5, 5.41) is 0. The van der Waals surface area contributed by atoms with Crippen LogP contribution >= 0.6 is 0 Å². The van der Waals surface area contributed by atoms with Gasteiger partial charge < -0.3 is 9.47 Å². The molecule has 0 N–H and O–H groups in total. The van der Waals surface area contributed by atoms with Gasteiger partial charge >= 0.3 is 0 Å². The summed E-state index contributed by atoms with van der Waals surface area (Å²) in [4.78, 5) is 10.3. The van der Waals surface area contributed by atoms with E-state index >= 15 is 0 Å². The average molecular weight is 687 g/mol. The third-order valence-electron chi connectivity index (χ3n) is 9.18. The lowest BCUT2D eigenvalue weighted by atomic mass is 9.88. The molecular weight excluding hydrogens is 633 g/mol. The topological polar surface area (TPSA) is 111 Å². The molecule has 0 aromatic heterocycles. The van der Waals surface area contributed by atoms with Gasteiger partial charge in [-0.2, -0.15) is 0 Å². The SMILES string of the molecule is Cc1ccc(S(=O)(=O)CCCCC(CCCCS(=O)(=O)c2ccc(C)cc2C2=N[C@H](C(C)(C)C)CO2)C2=N[C@H](C(C)(C)C)CO2)cc1. The van der Waals surface area contributed by atoms with E-state index in [0.29, 0.717) is 55.3 Å². The second-order valence-corrected chi connectivity index (χ2v) is 19.6. The van der Waals surface area contributed by atoms with Crippen molar-refractivity contribution >= 4 is 31.5 Å². The summed E-state index contributed by atoms with van der Waals surface area (Å²) in [7, 11) is -6.95. The molecule has 1 unspecified atom stereocenters. The number of sulfone groups is 2. The fourth-order valence-electron chi connectivity index (χ4n) is 5.84. The van der Waals surface area contributed by atoms with Crippen LogP contribution in [0.15, 0.2) is 62.2 Å². The second kappa shape index (κ2) is 14.8. The van der Waals surface area contributed by atoms with Gasteiger partial charge in [0, 0.05) is 5.92 Å². The predicted octanol–water partition coefficient (Wildman–Crippen LogP) is 7.54. The van der Waals surface area contributed by atoms with Gasteiger partial charge in [0.2, 0.25) is 5.90 Å². The first-order valence-corrected chi connectivity index (χ1v) is 20.2. The number of aryl methyl sites for hydroxylation is 2. The molecule has 2 aliphatic heterocycles. The summed E-state index contributed by atoms with van der Waals surface area (Å²) in [5.74, 6) is 1.24. The Kier molecular flexibility index (Phi) is 11.7. The van der Waals surface area contributed by atoms with Crippen LogP contribution in [-0.4, -0.2) is 65.4 Å². The van der Waals surface area contributed by atoms with Gasteiger partial charge in [0.1, 0.15) is 13.2 Å². The average Bonchev–Trinajstić information content (AvgIpc) is 3.67. The number of ether oxygens (including phenoxy) is 2. The van der Waals surface area contributed by atoms with Crippen LogP contribution in [0.4, 0.5) is 0 Å². The normalized spacial score (nSPS) is 19.6. The smallest absolute Gasteiger partial charge is 0.217 e. The molecular formula is C37H54N2O6S2. The highest BCUT2D eigenvalue weighted by Crippen LogP contribution is 2.32. The summed E-state index contributed by atoms with van der Waals surface area (Å²) in [6, 6.07) is 12.4. The van der Waals surface area contributed by atoms with E-state index < -0.39 is 19.7 Å². The molecule has 0 spiro atoms. The van der Waals surface area contributed by atoms with Crippen molar-refractivity contribution < 1.29 is 26.3 Å². The van der Waals surface area contributed by atoms with E-state index in [1.54, 1.807) is 18.2 Å². The molecule has 8 nitrogen and oxygen atoms in total. The highest BCUT2D eigenvalue weighted by Gasteiger charge is 2.34. The van der Waals surface area contributed by atoms with E-state index in [2.05, 4.69) is 41.5 Å². The Balaban J connectivity index is 1.40. The zero-order valence-corrected chi connectivity index (χ0v) is 31.1. The van der Waals surface area contributed by atoms with Crippen LogP contribution in [-0.2, 0) is 29.1 Å². The number of rotatable bonds is 14. The zero-order chi connectivity index (χ0) is 34.6. The molecule has 2 heterocycles. The Morgan fingerprint density at radius 1 is 0.702 bits per heavy atom. The van der Waals surface area contributed by atoms with Gasteiger partial charge in [0.05, 0.1) is 38.9 Å². The number of hydrogen-bond acceptors (Lipinski definition) is 8. The van der Waals surface area contributed by atoms with Gasteiger partial charge in [-0.1, -0.05) is 83.7 Å². The highest BCUT2D eigenvalue weighted by molar-refractivity contribution is 7.91. The van der Waals surface area contributed by atoms with Gasteiger partial charge in [0.25, 0.3) is 0 Å². The van der Waals surface area contributed by atoms with E-state index in [-0.39, 0.29) is 45.2 Å². The number of unbranched alkanes of at least 4 members (excludes halogenated alkanes) is 2. The zero-order valence-electron chi connectivity index (χ0n) is 29.5. The molecule has 0 aliphatic carbocycles. The largest absolute Gasteiger partial charge is 0.478 e. The summed E-state index contributed by atoms with van der Waals surface area (Å²) in [5.41, 5.74) is 2.39.